The lowest BCUT2D eigenvalue weighted by Crippen LogP contribution is -2.27. The van der Waals surface area contributed by atoms with Gasteiger partial charge in [0.15, 0.2) is 15.8 Å². The minimum absolute atomic E-state index is 0.209. The molecule has 0 aliphatic carbocycles. The number of carbonyl (C=O) groups is 1. The van der Waals surface area contributed by atoms with E-state index in [9.17, 15) is 14.9 Å². The Hall–Kier alpha value is -4.21. The third-order valence-electron chi connectivity index (χ3n) is 5.83. The highest BCUT2D eigenvalue weighted by Gasteiger charge is 2.35. The highest BCUT2D eigenvalue weighted by Crippen LogP contribution is 2.41. The maximum atomic E-state index is 13.4. The van der Waals surface area contributed by atoms with Crippen LogP contribution < -0.4 is 14.4 Å². The predicted octanol–water partition coefficient (Wildman–Crippen LogP) is 6.74. The van der Waals surface area contributed by atoms with Gasteiger partial charge in [-0.3, -0.25) is 19.8 Å². The van der Waals surface area contributed by atoms with Gasteiger partial charge in [0.25, 0.3) is 11.6 Å². The molecular weight excluding hydrogens is 508 g/mol. The van der Waals surface area contributed by atoms with Crippen LogP contribution in [0.3, 0.4) is 0 Å². The van der Waals surface area contributed by atoms with E-state index >= 15 is 0 Å². The van der Waals surface area contributed by atoms with E-state index in [0.717, 1.165) is 28.1 Å². The van der Waals surface area contributed by atoms with Crippen LogP contribution in [-0.4, -0.2) is 22.3 Å². The quantitative estimate of drug-likeness (QED) is 0.114. The monoisotopic (exact) mass is 528 g/mol. The van der Waals surface area contributed by atoms with Crippen LogP contribution in [0.25, 0.3) is 16.8 Å². The predicted molar refractivity (Wildman–Crippen MR) is 150 cm³/mol. The molecule has 0 spiro atoms. The molecule has 7 nitrogen and oxygen atoms in total. The van der Waals surface area contributed by atoms with E-state index in [1.165, 1.54) is 30.2 Å². The van der Waals surface area contributed by atoms with Gasteiger partial charge < -0.3 is 9.47 Å². The number of ether oxygens (including phenoxy) is 2. The van der Waals surface area contributed by atoms with E-state index in [1.54, 1.807) is 0 Å². The number of nitrogens with zero attached hydrogens (tertiary/aromatic N) is 2. The van der Waals surface area contributed by atoms with E-state index in [0.29, 0.717) is 15.8 Å². The Labute approximate surface area is 222 Å². The van der Waals surface area contributed by atoms with Crippen molar-refractivity contribution in [3.63, 3.8) is 0 Å². The van der Waals surface area contributed by atoms with E-state index in [2.05, 4.69) is 0 Å². The van der Waals surface area contributed by atoms with Gasteiger partial charge in [-0.2, -0.15) is 0 Å². The Kier molecular flexibility index (Phi) is 6.89. The molecule has 0 saturated carbocycles. The summed E-state index contributed by atoms with van der Waals surface area (Å²) in [4.78, 5) is 26.6. The number of benzene rings is 4. The second kappa shape index (κ2) is 10.4. The van der Waals surface area contributed by atoms with Crippen molar-refractivity contribution in [3.8, 4) is 11.5 Å². The molecule has 4 aromatic carbocycles. The third-order valence-corrected chi connectivity index (χ3v) is 7.14. The Bertz CT molecular complexity index is 1560. The first kappa shape index (κ1) is 24.5. The summed E-state index contributed by atoms with van der Waals surface area (Å²) in [7, 11) is 1.46. The first-order valence-electron chi connectivity index (χ1n) is 11.2. The highest BCUT2D eigenvalue weighted by molar-refractivity contribution is 8.27. The van der Waals surface area contributed by atoms with Crippen molar-refractivity contribution in [3.05, 3.63) is 111 Å². The van der Waals surface area contributed by atoms with Crippen molar-refractivity contribution >= 4 is 62.4 Å². The summed E-state index contributed by atoms with van der Waals surface area (Å²) in [6.07, 6.45) is 1.48. The van der Waals surface area contributed by atoms with Gasteiger partial charge >= 0.3 is 0 Å². The van der Waals surface area contributed by atoms with E-state index in [1.807, 2.05) is 72.8 Å². The number of methoxy groups -OCH3 is 1. The fourth-order valence-corrected chi connectivity index (χ4v) is 5.34. The molecule has 37 heavy (non-hydrogen) atoms. The molecule has 1 amide bonds. The van der Waals surface area contributed by atoms with E-state index in [-0.39, 0.29) is 34.4 Å². The Morgan fingerprint density at radius 2 is 1.73 bits per heavy atom. The number of hydrogen-bond acceptors (Lipinski definition) is 7. The summed E-state index contributed by atoms with van der Waals surface area (Å²) in [6, 6.07) is 25.7. The zero-order valence-electron chi connectivity index (χ0n) is 19.6. The number of rotatable bonds is 7. The van der Waals surface area contributed by atoms with Crippen molar-refractivity contribution in [2.24, 2.45) is 0 Å². The van der Waals surface area contributed by atoms with Gasteiger partial charge in [-0.15, -0.1) is 0 Å². The number of fused-ring (bicyclic) bond motifs is 1. The fourth-order valence-electron chi connectivity index (χ4n) is 4.07. The van der Waals surface area contributed by atoms with Crippen molar-refractivity contribution < 1.29 is 19.2 Å². The topological polar surface area (TPSA) is 81.9 Å². The largest absolute Gasteiger partial charge is 0.493 e. The number of carbonyl (C=O) groups excluding carboxylic acids is 1. The molecule has 0 unspecified atom stereocenters. The maximum Gasteiger partial charge on any atom is 0.280 e. The Morgan fingerprint density at radius 3 is 2.49 bits per heavy atom. The van der Waals surface area contributed by atoms with Crippen LogP contribution in [0, 0.1) is 10.1 Å². The molecule has 1 fully saturated rings. The summed E-state index contributed by atoms with van der Waals surface area (Å²) in [6.45, 7) is 0.220. The van der Waals surface area contributed by atoms with Crippen LogP contribution >= 0.6 is 24.0 Å². The Morgan fingerprint density at radius 1 is 1.00 bits per heavy atom. The lowest BCUT2D eigenvalue weighted by molar-refractivity contribution is -0.385. The molecule has 1 aliphatic heterocycles. The zero-order valence-corrected chi connectivity index (χ0v) is 21.3. The zero-order chi connectivity index (χ0) is 25.9. The van der Waals surface area contributed by atoms with Gasteiger partial charge in [0.1, 0.15) is 6.61 Å². The first-order valence-corrected chi connectivity index (χ1v) is 12.5. The van der Waals surface area contributed by atoms with E-state index in [4.69, 9.17) is 21.7 Å². The molecule has 1 heterocycles. The standard InChI is InChI=1S/C28H20N2O5S2/c1-34-24-14-20(23(30(32)33)16-25(24)35-17-18-8-3-2-4-9-18)15-26-27(31)29(28(36)37-26)22-13-7-11-19-10-5-6-12-21(19)22/h2-16H,17H2,1H3/b26-15-. The number of anilines is 1. The molecular formula is C28H20N2O5S2. The van der Waals surface area contributed by atoms with Gasteiger partial charge in [-0.25, -0.2) is 0 Å². The molecule has 0 bridgehead atoms. The molecule has 5 rings (SSSR count). The number of hydrogen-bond donors (Lipinski definition) is 0. The second-order valence-corrected chi connectivity index (χ2v) is 9.78. The van der Waals surface area contributed by atoms with Gasteiger partial charge in [0.2, 0.25) is 0 Å². The van der Waals surface area contributed by atoms with Crippen molar-refractivity contribution in [1.29, 1.82) is 0 Å². The number of thiocarbonyl (C=S) groups is 1. The lowest BCUT2D eigenvalue weighted by atomic mass is 10.1. The second-order valence-electron chi connectivity index (χ2n) is 8.11. The first-order chi connectivity index (χ1) is 18.0. The minimum atomic E-state index is -0.508. The van der Waals surface area contributed by atoms with Gasteiger partial charge in [0, 0.05) is 5.39 Å². The van der Waals surface area contributed by atoms with Crippen molar-refractivity contribution in [1.82, 2.24) is 0 Å². The molecule has 0 aromatic heterocycles. The van der Waals surface area contributed by atoms with Crippen LogP contribution in [0.4, 0.5) is 11.4 Å². The number of nitro benzene ring substituents is 1. The molecule has 184 valence electrons. The maximum absolute atomic E-state index is 13.4. The average molecular weight is 529 g/mol. The number of thioether (sulfide) groups is 1. The smallest absolute Gasteiger partial charge is 0.280 e. The van der Waals surface area contributed by atoms with Gasteiger partial charge in [0.05, 0.1) is 34.3 Å². The lowest BCUT2D eigenvalue weighted by Gasteiger charge is -2.17. The molecule has 1 aliphatic rings. The fraction of sp³-hybridized carbons (Fsp3) is 0.0714. The van der Waals surface area contributed by atoms with Crippen LogP contribution in [0.1, 0.15) is 11.1 Å². The molecule has 1 saturated heterocycles. The summed E-state index contributed by atoms with van der Waals surface area (Å²) < 4.78 is 11.6. The summed E-state index contributed by atoms with van der Waals surface area (Å²) in [5, 5.41) is 13.8. The van der Waals surface area contributed by atoms with Crippen LogP contribution in [0.2, 0.25) is 0 Å². The number of amides is 1. The van der Waals surface area contributed by atoms with Crippen LogP contribution in [0.15, 0.2) is 89.8 Å². The van der Waals surface area contributed by atoms with Gasteiger partial charge in [-0.1, -0.05) is 90.7 Å². The summed E-state index contributed by atoms with van der Waals surface area (Å²) in [5.41, 5.74) is 1.58. The van der Waals surface area contributed by atoms with Crippen LogP contribution in [0.5, 0.6) is 11.5 Å². The summed E-state index contributed by atoms with van der Waals surface area (Å²) >= 11 is 6.64. The highest BCUT2D eigenvalue weighted by atomic mass is 32.2. The number of nitro groups is 1. The van der Waals surface area contributed by atoms with Crippen molar-refractivity contribution in [2.75, 3.05) is 12.0 Å². The van der Waals surface area contributed by atoms with Crippen LogP contribution in [-0.2, 0) is 11.4 Å². The minimum Gasteiger partial charge on any atom is -0.493 e. The molecule has 0 N–H and O–H groups in total. The third kappa shape index (κ3) is 4.91. The molecule has 4 aromatic rings. The van der Waals surface area contributed by atoms with Gasteiger partial charge in [-0.05, 0) is 29.2 Å². The molecule has 0 atom stereocenters. The molecule has 9 heteroatoms. The average Bonchev–Trinajstić information content (AvgIpc) is 3.19. The Balaban J connectivity index is 1.50. The summed E-state index contributed by atoms with van der Waals surface area (Å²) in [5.74, 6) is 0.208. The molecule has 0 radical (unpaired) electrons. The SMILES string of the molecule is COc1cc(/C=C2\SC(=S)N(c3cccc4ccccc34)C2=O)c([N+](=O)[O-])cc1OCc1ccccc1. The normalized spacial score (nSPS) is 14.4. The van der Waals surface area contributed by atoms with E-state index < -0.39 is 4.92 Å². The van der Waals surface area contributed by atoms with Crippen molar-refractivity contribution in [2.45, 2.75) is 6.61 Å².